The molecule has 2 aliphatic heterocycles. The van der Waals surface area contributed by atoms with Gasteiger partial charge in [0.2, 0.25) is 0 Å². The van der Waals surface area contributed by atoms with Crippen LogP contribution < -0.4 is 15.6 Å². The Labute approximate surface area is 186 Å². The molecule has 6 nitrogen and oxygen atoms in total. The monoisotopic (exact) mass is 424 g/mol. The van der Waals surface area contributed by atoms with Crippen LogP contribution in [-0.2, 0) is 6.54 Å². The zero-order chi connectivity index (χ0) is 21.5. The lowest BCUT2D eigenvalue weighted by Gasteiger charge is -2.42. The first kappa shape index (κ1) is 22.2. The number of nitrogens with zero attached hydrogens (tertiary/aromatic N) is 2. The number of hydrogen-bond acceptors (Lipinski definition) is 6. The molecule has 0 saturated carbocycles. The highest BCUT2D eigenvalue weighted by Crippen LogP contribution is 2.27. The molecular weight excluding hydrogens is 388 g/mol. The van der Waals surface area contributed by atoms with Gasteiger partial charge < -0.3 is 14.7 Å². The van der Waals surface area contributed by atoms with Gasteiger partial charge in [-0.3, -0.25) is 10.3 Å². The average molecular weight is 425 g/mol. The van der Waals surface area contributed by atoms with Crippen LogP contribution in [0, 0.1) is 5.92 Å². The summed E-state index contributed by atoms with van der Waals surface area (Å²) in [6.07, 6.45) is 0.816. The molecule has 3 atom stereocenters. The van der Waals surface area contributed by atoms with Crippen LogP contribution in [-0.4, -0.2) is 66.9 Å². The van der Waals surface area contributed by atoms with Gasteiger partial charge in [-0.2, -0.15) is 0 Å². The van der Waals surface area contributed by atoms with E-state index in [1.165, 1.54) is 11.1 Å². The predicted octanol–water partition coefficient (Wildman–Crippen LogP) is 2.42. The van der Waals surface area contributed by atoms with Crippen LogP contribution in [0.5, 0.6) is 5.75 Å². The molecular formula is C25H36N4O2. The molecule has 2 heterocycles. The van der Waals surface area contributed by atoms with E-state index in [1.54, 1.807) is 0 Å². The van der Waals surface area contributed by atoms with Crippen LogP contribution >= 0.6 is 0 Å². The Bertz CT molecular complexity index is 786. The third kappa shape index (κ3) is 5.84. The quantitative estimate of drug-likeness (QED) is 0.575. The van der Waals surface area contributed by atoms with Crippen molar-refractivity contribution in [2.75, 3.05) is 45.9 Å². The van der Waals surface area contributed by atoms with Crippen molar-refractivity contribution in [2.24, 2.45) is 5.92 Å². The molecule has 2 fully saturated rings. The van der Waals surface area contributed by atoms with Crippen LogP contribution in [0.3, 0.4) is 0 Å². The third-order valence-electron chi connectivity index (χ3n) is 6.52. The fourth-order valence-corrected chi connectivity index (χ4v) is 4.90. The van der Waals surface area contributed by atoms with Gasteiger partial charge in [-0.05, 0) is 36.6 Å². The Morgan fingerprint density at radius 2 is 1.87 bits per heavy atom. The number of aliphatic hydroxyl groups excluding tert-OH is 1. The molecule has 0 aliphatic carbocycles. The van der Waals surface area contributed by atoms with Crippen LogP contribution in [0.15, 0.2) is 54.6 Å². The van der Waals surface area contributed by atoms with E-state index < -0.39 is 0 Å². The van der Waals surface area contributed by atoms with Crippen LogP contribution in [0.2, 0.25) is 0 Å². The van der Waals surface area contributed by atoms with E-state index in [-0.39, 0.29) is 6.61 Å². The van der Waals surface area contributed by atoms with Gasteiger partial charge in [-0.1, -0.05) is 42.5 Å². The van der Waals surface area contributed by atoms with E-state index >= 15 is 0 Å². The Hall–Kier alpha value is -1.96. The lowest BCUT2D eigenvalue weighted by molar-refractivity contribution is 0.0457. The molecule has 31 heavy (non-hydrogen) atoms. The lowest BCUT2D eigenvalue weighted by Crippen LogP contribution is -2.54. The molecule has 6 heteroatoms. The molecule has 0 aromatic heterocycles. The van der Waals surface area contributed by atoms with Gasteiger partial charge in [-0.15, -0.1) is 0 Å². The van der Waals surface area contributed by atoms with Gasteiger partial charge in [0.05, 0.1) is 12.6 Å². The van der Waals surface area contributed by atoms with Crippen molar-refractivity contribution in [3.05, 3.63) is 65.7 Å². The number of piperazine rings is 1. The second kappa shape index (κ2) is 11.1. The zero-order valence-corrected chi connectivity index (χ0v) is 18.5. The second-order valence-electron chi connectivity index (χ2n) is 8.65. The highest BCUT2D eigenvalue weighted by atomic mass is 16.5. The number of ether oxygens (including phenoxy) is 1. The molecule has 3 unspecified atom stereocenters. The molecule has 0 radical (unpaired) electrons. The van der Waals surface area contributed by atoms with Gasteiger partial charge in [0, 0.05) is 57.8 Å². The molecule has 0 spiro atoms. The van der Waals surface area contributed by atoms with E-state index in [9.17, 15) is 5.11 Å². The minimum Gasteiger partial charge on any atom is -0.494 e. The van der Waals surface area contributed by atoms with Gasteiger partial charge >= 0.3 is 0 Å². The Morgan fingerprint density at radius 3 is 2.61 bits per heavy atom. The minimum atomic E-state index is 0.234. The molecule has 3 N–H and O–H groups in total. The zero-order valence-electron chi connectivity index (χ0n) is 18.5. The molecule has 2 aromatic rings. The maximum atomic E-state index is 9.68. The predicted molar refractivity (Wildman–Crippen MR) is 124 cm³/mol. The van der Waals surface area contributed by atoms with E-state index in [1.807, 2.05) is 6.92 Å². The molecule has 168 valence electrons. The lowest BCUT2D eigenvalue weighted by atomic mass is 9.94. The normalized spacial score (nSPS) is 25.0. The van der Waals surface area contributed by atoms with Crippen molar-refractivity contribution >= 4 is 0 Å². The molecule has 0 bridgehead atoms. The molecule has 2 saturated heterocycles. The Balaban J connectivity index is 1.35. The maximum absolute atomic E-state index is 9.68. The highest BCUT2D eigenvalue weighted by Gasteiger charge is 2.33. The van der Waals surface area contributed by atoms with E-state index in [4.69, 9.17) is 4.74 Å². The number of benzene rings is 2. The number of aliphatic hydroxyl groups is 1. The van der Waals surface area contributed by atoms with Crippen LogP contribution in [0.1, 0.15) is 30.5 Å². The second-order valence-corrected chi connectivity index (χ2v) is 8.65. The van der Waals surface area contributed by atoms with Crippen LogP contribution in [0.25, 0.3) is 0 Å². The highest BCUT2D eigenvalue weighted by molar-refractivity contribution is 5.27. The van der Waals surface area contributed by atoms with Gasteiger partial charge in [0.1, 0.15) is 5.75 Å². The first-order valence-electron chi connectivity index (χ1n) is 11.6. The van der Waals surface area contributed by atoms with E-state index in [0.29, 0.717) is 24.6 Å². The van der Waals surface area contributed by atoms with Crippen molar-refractivity contribution in [3.63, 3.8) is 0 Å². The summed E-state index contributed by atoms with van der Waals surface area (Å²) < 4.78 is 5.56. The number of rotatable bonds is 9. The molecule has 4 rings (SSSR count). The van der Waals surface area contributed by atoms with Gasteiger partial charge in [-0.25, -0.2) is 5.43 Å². The summed E-state index contributed by atoms with van der Waals surface area (Å²) >= 11 is 0. The van der Waals surface area contributed by atoms with Crippen molar-refractivity contribution in [2.45, 2.75) is 32.0 Å². The topological polar surface area (TPSA) is 60.0 Å². The number of hydrazine groups is 1. The summed E-state index contributed by atoms with van der Waals surface area (Å²) in [6, 6.07) is 19.9. The number of nitrogens with one attached hydrogen (secondary N) is 2. The van der Waals surface area contributed by atoms with Crippen molar-refractivity contribution in [1.82, 2.24) is 20.7 Å². The summed E-state index contributed by atoms with van der Waals surface area (Å²) in [5.41, 5.74) is 9.48. The first-order chi connectivity index (χ1) is 15.3. The molecule has 2 aromatic carbocycles. The van der Waals surface area contributed by atoms with Gasteiger partial charge in [0.25, 0.3) is 0 Å². The maximum Gasteiger partial charge on any atom is 0.119 e. The average Bonchev–Trinajstić information content (AvgIpc) is 3.26. The first-order valence-corrected chi connectivity index (χ1v) is 11.6. The Kier molecular flexibility index (Phi) is 7.94. The van der Waals surface area contributed by atoms with Crippen molar-refractivity contribution < 1.29 is 9.84 Å². The van der Waals surface area contributed by atoms with Gasteiger partial charge in [0.15, 0.2) is 0 Å². The number of hydrogen-bond donors (Lipinski definition) is 3. The van der Waals surface area contributed by atoms with Crippen molar-refractivity contribution in [3.8, 4) is 5.75 Å². The summed E-state index contributed by atoms with van der Waals surface area (Å²) in [4.78, 5) is 5.12. The fourth-order valence-electron chi connectivity index (χ4n) is 4.90. The molecule has 2 aliphatic rings. The standard InChI is InChI=1S/C25H36N4O2/c1-2-31-24-10-8-20(9-11-24)17-29-14-13-28(19-23(29)12-15-30)18-22-16-26-27-25(22)21-6-4-3-5-7-21/h3-11,22-23,25-27,30H,2,12-19H2,1H3. The van der Waals surface area contributed by atoms with Crippen LogP contribution in [0.4, 0.5) is 0 Å². The van der Waals surface area contributed by atoms with E-state index in [2.05, 4.69) is 75.2 Å². The Morgan fingerprint density at radius 1 is 1.06 bits per heavy atom. The smallest absolute Gasteiger partial charge is 0.119 e. The largest absolute Gasteiger partial charge is 0.494 e. The minimum absolute atomic E-state index is 0.234. The van der Waals surface area contributed by atoms with E-state index in [0.717, 1.165) is 51.4 Å². The summed E-state index contributed by atoms with van der Waals surface area (Å²) in [5, 5.41) is 9.68. The SMILES string of the molecule is CCOc1ccc(CN2CCN(CC3CNNC3c3ccccc3)CC2CCO)cc1. The summed E-state index contributed by atoms with van der Waals surface area (Å²) in [7, 11) is 0. The summed E-state index contributed by atoms with van der Waals surface area (Å²) in [6.45, 7) is 9.01. The third-order valence-corrected chi connectivity index (χ3v) is 6.52. The van der Waals surface area contributed by atoms with Crippen molar-refractivity contribution in [1.29, 1.82) is 0 Å². The summed E-state index contributed by atoms with van der Waals surface area (Å²) in [5.74, 6) is 1.46. The molecule has 0 amide bonds. The fraction of sp³-hybridized carbons (Fsp3) is 0.520.